The lowest BCUT2D eigenvalue weighted by molar-refractivity contribution is 0.0963. The molecule has 0 amide bonds. The second-order valence-electron chi connectivity index (χ2n) is 4.13. The Morgan fingerprint density at radius 2 is 2.27 bits per heavy atom. The van der Waals surface area contributed by atoms with Gasteiger partial charge in [0.2, 0.25) is 0 Å². The number of rotatable bonds is 6. The van der Waals surface area contributed by atoms with Crippen LogP contribution in [-0.2, 0) is 6.54 Å². The maximum absolute atomic E-state index is 11.8. The predicted molar refractivity (Wildman–Crippen MR) is 60.9 cm³/mol. The van der Waals surface area contributed by atoms with Crippen molar-refractivity contribution in [2.24, 2.45) is 5.92 Å². The van der Waals surface area contributed by atoms with Crippen LogP contribution in [0.25, 0.3) is 0 Å². The Hall–Kier alpha value is -1.12. The second kappa shape index (κ2) is 5.69. The lowest BCUT2D eigenvalue weighted by Crippen LogP contribution is -2.04. The quantitative estimate of drug-likeness (QED) is 0.674. The average molecular weight is 208 g/mol. The van der Waals surface area contributed by atoms with Gasteiger partial charge in [-0.15, -0.1) is 0 Å². The maximum atomic E-state index is 11.8. The molecule has 0 N–H and O–H groups in total. The first kappa shape index (κ1) is 12.0. The summed E-state index contributed by atoms with van der Waals surface area (Å²) in [5, 5.41) is 4.16. The molecule has 0 spiro atoms. The summed E-state index contributed by atoms with van der Waals surface area (Å²) in [7, 11) is 0. The molecule has 0 saturated heterocycles. The van der Waals surface area contributed by atoms with Gasteiger partial charge in [0.25, 0.3) is 0 Å². The van der Waals surface area contributed by atoms with Crippen LogP contribution in [0, 0.1) is 5.92 Å². The molecule has 0 saturated carbocycles. The number of aryl methyl sites for hydroxylation is 1. The Morgan fingerprint density at radius 1 is 1.53 bits per heavy atom. The van der Waals surface area contributed by atoms with E-state index in [4.69, 9.17) is 0 Å². The third-order valence-corrected chi connectivity index (χ3v) is 2.64. The fraction of sp³-hybridized carbons (Fsp3) is 0.667. The highest BCUT2D eigenvalue weighted by atomic mass is 16.1. The van der Waals surface area contributed by atoms with Gasteiger partial charge in [0.15, 0.2) is 5.78 Å². The van der Waals surface area contributed by atoms with E-state index in [0.717, 1.165) is 24.9 Å². The minimum atomic E-state index is 0.215. The molecular weight excluding hydrogens is 188 g/mol. The molecule has 0 bridgehead atoms. The lowest BCUT2D eigenvalue weighted by atomic mass is 10.00. The summed E-state index contributed by atoms with van der Waals surface area (Å²) in [6, 6.07) is 0. The van der Waals surface area contributed by atoms with Gasteiger partial charge in [-0.1, -0.05) is 27.2 Å². The summed E-state index contributed by atoms with van der Waals surface area (Å²) in [5.41, 5.74) is 0.753. The van der Waals surface area contributed by atoms with Crippen LogP contribution in [-0.4, -0.2) is 15.6 Å². The zero-order valence-corrected chi connectivity index (χ0v) is 9.86. The number of Topliss-reactive ketones (excluding diaryl/α,β-unsaturated/α-hetero) is 1. The van der Waals surface area contributed by atoms with E-state index in [2.05, 4.69) is 25.9 Å². The van der Waals surface area contributed by atoms with Crippen LogP contribution in [0.4, 0.5) is 0 Å². The molecule has 1 rings (SSSR count). The number of carbonyl (C=O) groups is 1. The van der Waals surface area contributed by atoms with Gasteiger partial charge in [-0.05, 0) is 12.3 Å². The minimum absolute atomic E-state index is 0.215. The largest absolute Gasteiger partial charge is 0.294 e. The molecule has 0 aliphatic carbocycles. The van der Waals surface area contributed by atoms with Crippen molar-refractivity contribution in [2.45, 2.75) is 46.6 Å². The van der Waals surface area contributed by atoms with Crippen molar-refractivity contribution in [3.05, 3.63) is 18.0 Å². The summed E-state index contributed by atoms with van der Waals surface area (Å²) in [6.45, 7) is 7.20. The molecule has 84 valence electrons. The molecule has 1 unspecified atom stereocenters. The van der Waals surface area contributed by atoms with Gasteiger partial charge in [0, 0.05) is 19.2 Å². The molecule has 1 heterocycles. The number of aromatic nitrogens is 2. The van der Waals surface area contributed by atoms with Gasteiger partial charge in [0.1, 0.15) is 0 Å². The summed E-state index contributed by atoms with van der Waals surface area (Å²) in [4.78, 5) is 11.8. The molecule has 0 aliphatic heterocycles. The van der Waals surface area contributed by atoms with Crippen LogP contribution in [0.1, 0.15) is 50.4 Å². The standard InChI is InChI=1S/C12H20N2O/c1-4-6-14-9-11(8-13-14)12(15)7-10(3)5-2/h8-10H,4-7H2,1-3H3. The number of hydrogen-bond acceptors (Lipinski definition) is 2. The van der Waals surface area contributed by atoms with Crippen molar-refractivity contribution >= 4 is 5.78 Å². The van der Waals surface area contributed by atoms with E-state index in [-0.39, 0.29) is 5.78 Å². The SMILES string of the molecule is CCCn1cc(C(=O)CC(C)CC)cn1. The van der Waals surface area contributed by atoms with Crippen LogP contribution in [0.2, 0.25) is 0 Å². The van der Waals surface area contributed by atoms with Crippen molar-refractivity contribution in [1.82, 2.24) is 9.78 Å². The molecular formula is C12H20N2O. The van der Waals surface area contributed by atoms with E-state index in [9.17, 15) is 4.79 Å². The third-order valence-electron chi connectivity index (χ3n) is 2.64. The zero-order valence-electron chi connectivity index (χ0n) is 9.86. The smallest absolute Gasteiger partial charge is 0.166 e. The van der Waals surface area contributed by atoms with Crippen LogP contribution in [0.5, 0.6) is 0 Å². The van der Waals surface area contributed by atoms with Gasteiger partial charge in [-0.3, -0.25) is 9.48 Å². The topological polar surface area (TPSA) is 34.9 Å². The fourth-order valence-corrected chi connectivity index (χ4v) is 1.44. The highest BCUT2D eigenvalue weighted by Crippen LogP contribution is 2.12. The van der Waals surface area contributed by atoms with E-state index in [1.165, 1.54) is 0 Å². The Kier molecular flexibility index (Phi) is 4.53. The molecule has 3 heteroatoms. The Balaban J connectivity index is 2.58. The number of hydrogen-bond donors (Lipinski definition) is 0. The summed E-state index contributed by atoms with van der Waals surface area (Å²) in [6.07, 6.45) is 6.26. The lowest BCUT2D eigenvalue weighted by Gasteiger charge is -2.04. The van der Waals surface area contributed by atoms with E-state index in [1.807, 2.05) is 10.9 Å². The highest BCUT2D eigenvalue weighted by Gasteiger charge is 2.11. The fourth-order valence-electron chi connectivity index (χ4n) is 1.44. The van der Waals surface area contributed by atoms with Crippen LogP contribution in [0.3, 0.4) is 0 Å². The van der Waals surface area contributed by atoms with Crippen molar-refractivity contribution in [3.8, 4) is 0 Å². The van der Waals surface area contributed by atoms with Crippen molar-refractivity contribution in [3.63, 3.8) is 0 Å². The maximum Gasteiger partial charge on any atom is 0.166 e. The van der Waals surface area contributed by atoms with Gasteiger partial charge in [-0.2, -0.15) is 5.10 Å². The predicted octanol–water partition coefficient (Wildman–Crippen LogP) is 2.91. The van der Waals surface area contributed by atoms with Gasteiger partial charge < -0.3 is 0 Å². The van der Waals surface area contributed by atoms with Crippen molar-refractivity contribution < 1.29 is 4.79 Å². The Labute approximate surface area is 91.5 Å². The number of nitrogens with zero attached hydrogens (tertiary/aromatic N) is 2. The highest BCUT2D eigenvalue weighted by molar-refractivity contribution is 5.95. The van der Waals surface area contributed by atoms with E-state index < -0.39 is 0 Å². The molecule has 0 radical (unpaired) electrons. The zero-order chi connectivity index (χ0) is 11.3. The average Bonchev–Trinajstić information content (AvgIpc) is 2.67. The summed E-state index contributed by atoms with van der Waals surface area (Å²) >= 11 is 0. The molecule has 3 nitrogen and oxygen atoms in total. The van der Waals surface area contributed by atoms with E-state index in [0.29, 0.717) is 12.3 Å². The normalized spacial score (nSPS) is 12.7. The van der Waals surface area contributed by atoms with Crippen molar-refractivity contribution in [1.29, 1.82) is 0 Å². The number of carbonyl (C=O) groups excluding carboxylic acids is 1. The summed E-state index contributed by atoms with van der Waals surface area (Å²) in [5.74, 6) is 0.679. The molecule has 0 fully saturated rings. The molecule has 1 aromatic rings. The molecule has 15 heavy (non-hydrogen) atoms. The van der Waals surface area contributed by atoms with Crippen LogP contribution < -0.4 is 0 Å². The van der Waals surface area contributed by atoms with Crippen LogP contribution in [0.15, 0.2) is 12.4 Å². The van der Waals surface area contributed by atoms with Crippen molar-refractivity contribution in [2.75, 3.05) is 0 Å². The monoisotopic (exact) mass is 208 g/mol. The molecule has 0 aromatic carbocycles. The first-order valence-corrected chi connectivity index (χ1v) is 5.73. The van der Waals surface area contributed by atoms with Gasteiger partial charge in [-0.25, -0.2) is 0 Å². The van der Waals surface area contributed by atoms with Gasteiger partial charge >= 0.3 is 0 Å². The van der Waals surface area contributed by atoms with Gasteiger partial charge in [0.05, 0.1) is 11.8 Å². The molecule has 1 atom stereocenters. The molecule has 1 aromatic heterocycles. The van der Waals surface area contributed by atoms with E-state index in [1.54, 1.807) is 6.20 Å². The Bertz CT molecular complexity index is 317. The second-order valence-corrected chi connectivity index (χ2v) is 4.13. The Morgan fingerprint density at radius 3 is 2.87 bits per heavy atom. The first-order chi connectivity index (χ1) is 7.17. The third kappa shape index (κ3) is 3.50. The molecule has 0 aliphatic rings. The van der Waals surface area contributed by atoms with Crippen LogP contribution >= 0.6 is 0 Å². The summed E-state index contributed by atoms with van der Waals surface area (Å²) < 4.78 is 1.84. The minimum Gasteiger partial charge on any atom is -0.294 e. The first-order valence-electron chi connectivity index (χ1n) is 5.73. The van der Waals surface area contributed by atoms with E-state index >= 15 is 0 Å². The number of ketones is 1.